The SMILES string of the molecule is Cn1ccsc1=NC(=O)c1sccc1S(=O)(=O)N1CCCC1. The molecule has 1 aliphatic heterocycles. The van der Waals surface area contributed by atoms with Crippen LogP contribution < -0.4 is 4.80 Å². The third-order valence-electron chi connectivity index (χ3n) is 3.46. The molecular weight excluding hydrogens is 342 g/mol. The van der Waals surface area contributed by atoms with Crippen LogP contribution in [0, 0.1) is 0 Å². The van der Waals surface area contributed by atoms with E-state index >= 15 is 0 Å². The van der Waals surface area contributed by atoms with Crippen molar-refractivity contribution < 1.29 is 13.2 Å². The van der Waals surface area contributed by atoms with E-state index in [1.165, 1.54) is 21.7 Å². The van der Waals surface area contributed by atoms with Crippen molar-refractivity contribution in [2.45, 2.75) is 17.7 Å². The first-order chi connectivity index (χ1) is 10.5. The van der Waals surface area contributed by atoms with Gasteiger partial charge < -0.3 is 4.57 Å². The summed E-state index contributed by atoms with van der Waals surface area (Å²) in [7, 11) is -1.81. The smallest absolute Gasteiger partial charge is 0.291 e. The van der Waals surface area contributed by atoms with Crippen LogP contribution in [0.1, 0.15) is 22.5 Å². The van der Waals surface area contributed by atoms with Crippen LogP contribution in [0.4, 0.5) is 0 Å². The fourth-order valence-electron chi connectivity index (χ4n) is 2.30. The molecule has 22 heavy (non-hydrogen) atoms. The maximum Gasteiger partial charge on any atom is 0.291 e. The maximum atomic E-state index is 12.6. The monoisotopic (exact) mass is 357 g/mol. The molecule has 0 atom stereocenters. The number of nitrogens with zero attached hydrogens (tertiary/aromatic N) is 3. The quantitative estimate of drug-likeness (QED) is 0.839. The van der Waals surface area contributed by atoms with Gasteiger partial charge in [0.2, 0.25) is 10.0 Å². The second kappa shape index (κ2) is 6.07. The molecule has 6 nitrogen and oxygen atoms in total. The van der Waals surface area contributed by atoms with Crippen LogP contribution >= 0.6 is 22.7 Å². The van der Waals surface area contributed by atoms with Gasteiger partial charge in [0.25, 0.3) is 5.91 Å². The van der Waals surface area contributed by atoms with Gasteiger partial charge in [0.1, 0.15) is 9.77 Å². The van der Waals surface area contributed by atoms with E-state index in [1.54, 1.807) is 23.2 Å². The predicted molar refractivity (Wildman–Crippen MR) is 85.5 cm³/mol. The molecule has 0 radical (unpaired) electrons. The van der Waals surface area contributed by atoms with Crippen molar-refractivity contribution >= 4 is 38.6 Å². The summed E-state index contributed by atoms with van der Waals surface area (Å²) < 4.78 is 28.4. The molecule has 1 fully saturated rings. The van der Waals surface area contributed by atoms with Crippen molar-refractivity contribution in [1.82, 2.24) is 8.87 Å². The molecule has 3 heterocycles. The lowest BCUT2D eigenvalue weighted by molar-refractivity contribution is 0.0998. The zero-order valence-corrected chi connectivity index (χ0v) is 14.4. The second-order valence-corrected chi connectivity index (χ2v) is 8.63. The van der Waals surface area contributed by atoms with E-state index < -0.39 is 15.9 Å². The summed E-state index contributed by atoms with van der Waals surface area (Å²) in [5, 5.41) is 3.45. The zero-order chi connectivity index (χ0) is 15.7. The molecule has 3 rings (SSSR count). The van der Waals surface area contributed by atoms with Crippen molar-refractivity contribution in [3.8, 4) is 0 Å². The Morgan fingerprint density at radius 1 is 1.23 bits per heavy atom. The number of thiazole rings is 1. The van der Waals surface area contributed by atoms with Gasteiger partial charge >= 0.3 is 0 Å². The third-order valence-corrected chi connectivity index (χ3v) is 7.28. The Balaban J connectivity index is 1.99. The minimum atomic E-state index is -3.60. The van der Waals surface area contributed by atoms with Gasteiger partial charge in [-0.05, 0) is 24.3 Å². The van der Waals surface area contributed by atoms with E-state index in [1.807, 2.05) is 5.38 Å². The highest BCUT2D eigenvalue weighted by atomic mass is 32.2. The van der Waals surface area contributed by atoms with Gasteiger partial charge in [-0.3, -0.25) is 4.79 Å². The number of rotatable bonds is 3. The Morgan fingerprint density at radius 2 is 1.95 bits per heavy atom. The molecule has 0 aliphatic carbocycles. The molecule has 1 saturated heterocycles. The van der Waals surface area contributed by atoms with Crippen molar-refractivity contribution in [1.29, 1.82) is 0 Å². The average molecular weight is 357 g/mol. The number of thiophene rings is 1. The topological polar surface area (TPSA) is 71.7 Å². The largest absolute Gasteiger partial charge is 0.327 e. The summed E-state index contributed by atoms with van der Waals surface area (Å²) in [4.78, 5) is 17.2. The first-order valence-corrected chi connectivity index (χ1v) is 9.97. The van der Waals surface area contributed by atoms with E-state index in [4.69, 9.17) is 0 Å². The highest BCUT2D eigenvalue weighted by molar-refractivity contribution is 7.89. The fraction of sp³-hybridized carbons (Fsp3) is 0.385. The van der Waals surface area contributed by atoms with E-state index in [0.29, 0.717) is 17.9 Å². The van der Waals surface area contributed by atoms with E-state index in [9.17, 15) is 13.2 Å². The number of sulfonamides is 1. The summed E-state index contributed by atoms with van der Waals surface area (Å²) in [6.07, 6.45) is 3.52. The number of aryl methyl sites for hydroxylation is 1. The number of amides is 1. The zero-order valence-electron chi connectivity index (χ0n) is 11.9. The first kappa shape index (κ1) is 15.6. The molecule has 0 bridgehead atoms. The number of hydrogen-bond donors (Lipinski definition) is 0. The Labute approximate surface area is 136 Å². The van der Waals surface area contributed by atoms with Crippen LogP contribution in [0.15, 0.2) is 32.9 Å². The Kier molecular flexibility index (Phi) is 4.31. The summed E-state index contributed by atoms with van der Waals surface area (Å²) in [5.74, 6) is -0.508. The Morgan fingerprint density at radius 3 is 2.59 bits per heavy atom. The van der Waals surface area contributed by atoms with E-state index in [2.05, 4.69) is 4.99 Å². The van der Waals surface area contributed by atoms with E-state index in [0.717, 1.165) is 24.2 Å². The number of hydrogen-bond acceptors (Lipinski definition) is 5. The fourth-order valence-corrected chi connectivity index (χ4v) is 5.82. The molecule has 0 aromatic carbocycles. The Bertz CT molecular complexity index is 854. The van der Waals surface area contributed by atoms with Crippen LogP contribution in [0.3, 0.4) is 0 Å². The lowest BCUT2D eigenvalue weighted by Gasteiger charge is -2.14. The molecule has 118 valence electrons. The van der Waals surface area contributed by atoms with Crippen molar-refractivity contribution in [3.05, 3.63) is 32.7 Å². The van der Waals surface area contributed by atoms with Gasteiger partial charge in [-0.15, -0.1) is 22.7 Å². The molecule has 0 saturated carbocycles. The molecule has 0 spiro atoms. The molecule has 9 heteroatoms. The van der Waals surface area contributed by atoms with Crippen molar-refractivity contribution in [3.63, 3.8) is 0 Å². The second-order valence-electron chi connectivity index (χ2n) is 4.94. The lowest BCUT2D eigenvalue weighted by Crippen LogP contribution is -2.28. The molecule has 2 aromatic heterocycles. The molecule has 0 N–H and O–H groups in total. The molecule has 1 amide bonds. The van der Waals surface area contributed by atoms with Gasteiger partial charge in [0.05, 0.1) is 0 Å². The van der Waals surface area contributed by atoms with Crippen LogP contribution in [-0.4, -0.2) is 36.3 Å². The summed E-state index contributed by atoms with van der Waals surface area (Å²) >= 11 is 2.45. The van der Waals surface area contributed by atoms with Crippen LogP contribution in [0.5, 0.6) is 0 Å². The normalized spacial score (nSPS) is 17.2. The van der Waals surface area contributed by atoms with Crippen molar-refractivity contribution in [2.24, 2.45) is 12.0 Å². The lowest BCUT2D eigenvalue weighted by atomic mass is 10.4. The third kappa shape index (κ3) is 2.81. The summed E-state index contributed by atoms with van der Waals surface area (Å²) in [6.45, 7) is 1.03. The van der Waals surface area contributed by atoms with Crippen LogP contribution in [0.2, 0.25) is 0 Å². The van der Waals surface area contributed by atoms with Gasteiger partial charge in [0.15, 0.2) is 4.80 Å². The standard InChI is InChI=1S/C13H15N3O3S3/c1-15-7-9-21-13(15)14-12(17)11-10(4-8-20-11)22(18,19)16-5-2-3-6-16/h4,7-9H,2-3,5-6H2,1H3. The predicted octanol–water partition coefficient (Wildman–Crippen LogP) is 1.67. The average Bonchev–Trinajstić information content (AvgIpc) is 3.20. The number of carbonyl (C=O) groups excluding carboxylic acids is 1. The molecule has 0 unspecified atom stereocenters. The van der Waals surface area contributed by atoms with Gasteiger partial charge in [-0.2, -0.15) is 9.30 Å². The number of aromatic nitrogens is 1. The molecule has 1 aliphatic rings. The summed E-state index contributed by atoms with van der Waals surface area (Å²) in [5.41, 5.74) is 0. The van der Waals surface area contributed by atoms with Crippen LogP contribution in [-0.2, 0) is 17.1 Å². The van der Waals surface area contributed by atoms with Gasteiger partial charge in [0, 0.05) is 31.7 Å². The van der Waals surface area contributed by atoms with Gasteiger partial charge in [-0.1, -0.05) is 0 Å². The van der Waals surface area contributed by atoms with E-state index in [-0.39, 0.29) is 9.77 Å². The van der Waals surface area contributed by atoms with Crippen molar-refractivity contribution in [2.75, 3.05) is 13.1 Å². The van der Waals surface area contributed by atoms with Gasteiger partial charge in [-0.25, -0.2) is 8.42 Å². The minimum absolute atomic E-state index is 0.0763. The maximum absolute atomic E-state index is 12.6. The highest BCUT2D eigenvalue weighted by Crippen LogP contribution is 2.28. The highest BCUT2D eigenvalue weighted by Gasteiger charge is 2.31. The minimum Gasteiger partial charge on any atom is -0.327 e. The van der Waals surface area contributed by atoms with Crippen LogP contribution in [0.25, 0.3) is 0 Å². The summed E-state index contributed by atoms with van der Waals surface area (Å²) in [6, 6.07) is 1.50. The molecule has 2 aromatic rings. The molecular formula is C13H15N3O3S3. The first-order valence-electron chi connectivity index (χ1n) is 6.77. The Hall–Kier alpha value is -1.29. The number of carbonyl (C=O) groups is 1.